The molecule has 0 atom stereocenters. The number of hydroxylamine groups is 1. The van der Waals surface area contributed by atoms with Crippen LogP contribution in [0.15, 0.2) is 0 Å². The largest absolute Gasteiger partial charge is 0.385 e. The predicted molar refractivity (Wildman–Crippen MR) is 30.2 cm³/mol. The van der Waals surface area contributed by atoms with Crippen molar-refractivity contribution in [1.82, 2.24) is 5.48 Å². The Morgan fingerprint density at radius 3 is 2.89 bits per heavy atom. The zero-order valence-electron chi connectivity index (χ0n) is 4.96. The molecule has 0 aliphatic carbocycles. The fourth-order valence-corrected chi connectivity index (χ4v) is 0.223. The van der Waals surface area contributed by atoms with Crippen molar-refractivity contribution in [1.29, 1.82) is 0 Å². The standard InChI is InChI=1S/C4H10N2O3/c5-1-2-6-9-4(8)3-7/h6-7H,1-3,5H2. The second kappa shape index (κ2) is 5.49. The molecule has 0 saturated carbocycles. The molecule has 0 aliphatic rings. The first kappa shape index (κ1) is 8.35. The smallest absolute Gasteiger partial charge is 0.350 e. The number of nitrogens with one attached hydrogen (secondary N) is 1. The van der Waals surface area contributed by atoms with Gasteiger partial charge in [0.05, 0.1) is 0 Å². The lowest BCUT2D eigenvalue weighted by atomic mass is 10.7. The maximum Gasteiger partial charge on any atom is 0.350 e. The van der Waals surface area contributed by atoms with Crippen molar-refractivity contribution in [3.63, 3.8) is 0 Å². The number of aliphatic hydroxyl groups is 1. The van der Waals surface area contributed by atoms with Gasteiger partial charge in [-0.15, -0.1) is 0 Å². The molecule has 9 heavy (non-hydrogen) atoms. The van der Waals surface area contributed by atoms with Crippen LogP contribution in [0.1, 0.15) is 0 Å². The molecule has 4 N–H and O–H groups in total. The van der Waals surface area contributed by atoms with Crippen LogP contribution in [0.2, 0.25) is 0 Å². The highest BCUT2D eigenvalue weighted by molar-refractivity contribution is 5.69. The van der Waals surface area contributed by atoms with Crippen LogP contribution in [-0.4, -0.2) is 30.8 Å². The summed E-state index contributed by atoms with van der Waals surface area (Å²) in [6, 6.07) is 0. The molecule has 0 heterocycles. The van der Waals surface area contributed by atoms with Gasteiger partial charge in [0.25, 0.3) is 0 Å². The van der Waals surface area contributed by atoms with Crippen molar-refractivity contribution < 1.29 is 14.7 Å². The maximum atomic E-state index is 10.1. The highest BCUT2D eigenvalue weighted by Crippen LogP contribution is 1.67. The average molecular weight is 134 g/mol. The second-order valence-corrected chi connectivity index (χ2v) is 1.32. The molecule has 0 rings (SSSR count). The van der Waals surface area contributed by atoms with Crippen molar-refractivity contribution in [2.75, 3.05) is 19.7 Å². The minimum Gasteiger partial charge on any atom is -0.385 e. The molecular formula is C4H10N2O3. The van der Waals surface area contributed by atoms with Crippen molar-refractivity contribution in [3.05, 3.63) is 0 Å². The third kappa shape index (κ3) is 5.22. The molecule has 0 saturated heterocycles. The van der Waals surface area contributed by atoms with E-state index < -0.39 is 12.6 Å². The van der Waals surface area contributed by atoms with Crippen LogP contribution >= 0.6 is 0 Å². The molecule has 54 valence electrons. The normalized spacial score (nSPS) is 9.11. The summed E-state index contributed by atoms with van der Waals surface area (Å²) in [5, 5.41) is 8.09. The first-order valence-electron chi connectivity index (χ1n) is 2.54. The number of nitrogens with two attached hydrogens (primary N) is 1. The lowest BCUT2D eigenvalue weighted by Crippen LogP contribution is -2.27. The molecule has 0 aromatic rings. The Labute approximate surface area is 52.7 Å². The molecule has 0 radical (unpaired) electrons. The van der Waals surface area contributed by atoms with Crippen molar-refractivity contribution in [3.8, 4) is 0 Å². The molecule has 0 bridgehead atoms. The maximum absolute atomic E-state index is 10.1. The number of rotatable bonds is 4. The molecular weight excluding hydrogens is 124 g/mol. The van der Waals surface area contributed by atoms with Gasteiger partial charge in [-0.25, -0.2) is 4.79 Å². The Hall–Kier alpha value is -0.650. The van der Waals surface area contributed by atoms with E-state index in [1.807, 2.05) is 0 Å². The lowest BCUT2D eigenvalue weighted by Gasteiger charge is -2.00. The first-order chi connectivity index (χ1) is 4.31. The van der Waals surface area contributed by atoms with Gasteiger partial charge in [0.2, 0.25) is 0 Å². The monoisotopic (exact) mass is 134 g/mol. The molecule has 0 aliphatic heterocycles. The molecule has 0 unspecified atom stereocenters. The van der Waals surface area contributed by atoms with E-state index in [4.69, 9.17) is 10.8 Å². The van der Waals surface area contributed by atoms with Crippen LogP contribution in [0, 0.1) is 0 Å². The summed E-state index contributed by atoms with van der Waals surface area (Å²) in [6.07, 6.45) is 0. The number of hydrogen-bond donors (Lipinski definition) is 3. The molecule has 0 spiro atoms. The summed E-state index contributed by atoms with van der Waals surface area (Å²) >= 11 is 0. The zero-order valence-corrected chi connectivity index (χ0v) is 4.96. The van der Waals surface area contributed by atoms with Crippen molar-refractivity contribution >= 4 is 5.97 Å². The fraction of sp³-hybridized carbons (Fsp3) is 0.750. The third-order valence-corrected chi connectivity index (χ3v) is 0.562. The van der Waals surface area contributed by atoms with E-state index in [1.165, 1.54) is 0 Å². The fourth-order valence-electron chi connectivity index (χ4n) is 0.223. The van der Waals surface area contributed by atoms with Gasteiger partial charge in [-0.2, -0.15) is 5.48 Å². The molecule has 0 amide bonds. The number of hydrogen-bond acceptors (Lipinski definition) is 5. The van der Waals surface area contributed by atoms with Gasteiger partial charge in [0.1, 0.15) is 6.61 Å². The van der Waals surface area contributed by atoms with Gasteiger partial charge < -0.3 is 15.7 Å². The molecule has 0 aromatic heterocycles. The van der Waals surface area contributed by atoms with E-state index in [-0.39, 0.29) is 0 Å². The lowest BCUT2D eigenvalue weighted by molar-refractivity contribution is -0.154. The minimum atomic E-state index is -0.705. The van der Waals surface area contributed by atoms with Crippen LogP contribution in [0.25, 0.3) is 0 Å². The quantitative estimate of drug-likeness (QED) is 0.305. The number of carbonyl (C=O) groups excluding carboxylic acids is 1. The summed E-state index contributed by atoms with van der Waals surface area (Å²) < 4.78 is 0. The summed E-state index contributed by atoms with van der Waals surface area (Å²) in [5.41, 5.74) is 7.29. The van der Waals surface area contributed by atoms with Crippen LogP contribution in [0.4, 0.5) is 0 Å². The molecule has 5 heteroatoms. The Morgan fingerprint density at radius 1 is 1.78 bits per heavy atom. The highest BCUT2D eigenvalue weighted by Gasteiger charge is 1.95. The van der Waals surface area contributed by atoms with E-state index in [0.717, 1.165) is 0 Å². The van der Waals surface area contributed by atoms with Crippen molar-refractivity contribution in [2.24, 2.45) is 5.73 Å². The molecule has 0 aromatic carbocycles. The van der Waals surface area contributed by atoms with Crippen LogP contribution in [-0.2, 0) is 9.63 Å². The average Bonchev–Trinajstić information content (AvgIpc) is 1.89. The second-order valence-electron chi connectivity index (χ2n) is 1.32. The summed E-state index contributed by atoms with van der Waals surface area (Å²) in [4.78, 5) is 14.3. The predicted octanol–water partition coefficient (Wildman–Crippen LogP) is -2.01. The topological polar surface area (TPSA) is 84.6 Å². The zero-order chi connectivity index (χ0) is 7.11. The Balaban J connectivity index is 2.97. The summed E-state index contributed by atoms with van der Waals surface area (Å²) in [7, 11) is 0. The van der Waals surface area contributed by atoms with Crippen LogP contribution in [0.5, 0.6) is 0 Å². The van der Waals surface area contributed by atoms with Crippen LogP contribution in [0.3, 0.4) is 0 Å². The van der Waals surface area contributed by atoms with E-state index >= 15 is 0 Å². The van der Waals surface area contributed by atoms with E-state index in [2.05, 4.69) is 10.3 Å². The third-order valence-electron chi connectivity index (χ3n) is 0.562. The van der Waals surface area contributed by atoms with E-state index in [9.17, 15) is 4.79 Å². The first-order valence-corrected chi connectivity index (χ1v) is 2.54. The summed E-state index contributed by atoms with van der Waals surface area (Å²) in [5.74, 6) is -0.705. The summed E-state index contributed by atoms with van der Waals surface area (Å²) in [6.45, 7) is 0.169. The Kier molecular flexibility index (Phi) is 5.09. The van der Waals surface area contributed by atoms with Gasteiger partial charge in [-0.05, 0) is 0 Å². The van der Waals surface area contributed by atoms with E-state index in [0.29, 0.717) is 13.1 Å². The van der Waals surface area contributed by atoms with Crippen molar-refractivity contribution in [2.45, 2.75) is 0 Å². The molecule has 5 nitrogen and oxygen atoms in total. The van der Waals surface area contributed by atoms with Gasteiger partial charge in [-0.3, -0.25) is 0 Å². The van der Waals surface area contributed by atoms with Gasteiger partial charge in [0, 0.05) is 13.1 Å². The van der Waals surface area contributed by atoms with E-state index in [1.54, 1.807) is 0 Å². The number of aliphatic hydroxyl groups excluding tert-OH is 1. The van der Waals surface area contributed by atoms with Crippen LogP contribution < -0.4 is 11.2 Å². The van der Waals surface area contributed by atoms with Gasteiger partial charge >= 0.3 is 5.97 Å². The SMILES string of the molecule is NCCNOC(=O)CO. The number of carbonyl (C=O) groups is 1. The Morgan fingerprint density at radius 2 is 2.44 bits per heavy atom. The molecule has 0 fully saturated rings. The minimum absolute atomic E-state index is 0.388. The highest BCUT2D eigenvalue weighted by atomic mass is 16.7. The van der Waals surface area contributed by atoms with Gasteiger partial charge in [0.15, 0.2) is 0 Å². The Bertz CT molecular complexity index is 85.9. The van der Waals surface area contributed by atoms with Gasteiger partial charge in [-0.1, -0.05) is 0 Å².